The minimum absolute atomic E-state index is 0.325. The Kier molecular flexibility index (Phi) is 3.49. The lowest BCUT2D eigenvalue weighted by atomic mass is 10.2. The van der Waals surface area contributed by atoms with Gasteiger partial charge in [-0.1, -0.05) is 6.92 Å². The van der Waals surface area contributed by atoms with Crippen molar-refractivity contribution in [1.82, 2.24) is 4.90 Å². The molecule has 0 saturated carbocycles. The van der Waals surface area contributed by atoms with Gasteiger partial charge in [0.25, 0.3) is 0 Å². The largest absolute Gasteiger partial charge is 0.480 e. The van der Waals surface area contributed by atoms with E-state index < -0.39 is 5.97 Å². The molecule has 0 aliphatic carbocycles. The third-order valence-corrected chi connectivity index (χ3v) is 2.16. The van der Waals surface area contributed by atoms with E-state index in [4.69, 9.17) is 9.84 Å². The Bertz CT molecular complexity index is 154. The van der Waals surface area contributed by atoms with Crippen LogP contribution in [-0.2, 0) is 9.53 Å². The molecule has 12 heavy (non-hydrogen) atoms. The van der Waals surface area contributed by atoms with Crippen LogP contribution in [0.4, 0.5) is 0 Å². The van der Waals surface area contributed by atoms with Crippen LogP contribution in [0.5, 0.6) is 0 Å². The van der Waals surface area contributed by atoms with Crippen LogP contribution in [-0.4, -0.2) is 48.3 Å². The molecule has 1 rings (SSSR count). The third kappa shape index (κ3) is 2.19. The van der Waals surface area contributed by atoms with Gasteiger partial charge in [-0.3, -0.25) is 9.69 Å². The Morgan fingerprint density at radius 1 is 1.58 bits per heavy atom. The van der Waals surface area contributed by atoms with Gasteiger partial charge in [0.05, 0.1) is 13.2 Å². The molecular weight excluding hydrogens is 158 g/mol. The second-order valence-electron chi connectivity index (χ2n) is 2.91. The lowest BCUT2D eigenvalue weighted by molar-refractivity contribution is -0.145. The smallest absolute Gasteiger partial charge is 0.320 e. The van der Waals surface area contributed by atoms with Gasteiger partial charge in [0.15, 0.2) is 0 Å². The Hall–Kier alpha value is -0.610. The number of rotatable bonds is 3. The predicted octanol–water partition coefficient (Wildman–Crippen LogP) is 0.182. The van der Waals surface area contributed by atoms with Gasteiger partial charge < -0.3 is 9.84 Å². The molecule has 1 heterocycles. The van der Waals surface area contributed by atoms with Crippen LogP contribution in [0.25, 0.3) is 0 Å². The van der Waals surface area contributed by atoms with Crippen LogP contribution in [0.2, 0.25) is 0 Å². The van der Waals surface area contributed by atoms with Crippen molar-refractivity contribution in [3.8, 4) is 0 Å². The average molecular weight is 173 g/mol. The van der Waals surface area contributed by atoms with E-state index in [0.29, 0.717) is 19.6 Å². The summed E-state index contributed by atoms with van der Waals surface area (Å²) in [4.78, 5) is 12.7. The highest BCUT2D eigenvalue weighted by atomic mass is 16.5. The first kappa shape index (κ1) is 9.48. The lowest BCUT2D eigenvalue weighted by Gasteiger charge is -2.31. The molecule has 1 saturated heterocycles. The lowest BCUT2D eigenvalue weighted by Crippen LogP contribution is -2.47. The number of carboxylic acids is 1. The van der Waals surface area contributed by atoms with Crippen LogP contribution >= 0.6 is 0 Å². The zero-order valence-electron chi connectivity index (χ0n) is 7.32. The average Bonchev–Trinajstić information content (AvgIpc) is 2.07. The van der Waals surface area contributed by atoms with Gasteiger partial charge >= 0.3 is 5.97 Å². The molecule has 1 aliphatic rings. The van der Waals surface area contributed by atoms with Crippen molar-refractivity contribution in [2.75, 3.05) is 26.3 Å². The Morgan fingerprint density at radius 3 is 2.58 bits per heavy atom. The Labute approximate surface area is 72.1 Å². The summed E-state index contributed by atoms with van der Waals surface area (Å²) in [7, 11) is 0. The van der Waals surface area contributed by atoms with Crippen molar-refractivity contribution in [1.29, 1.82) is 0 Å². The molecular formula is C8H15NO3. The first-order valence-corrected chi connectivity index (χ1v) is 4.30. The van der Waals surface area contributed by atoms with E-state index in [0.717, 1.165) is 13.1 Å². The maximum atomic E-state index is 10.7. The zero-order chi connectivity index (χ0) is 8.97. The van der Waals surface area contributed by atoms with Gasteiger partial charge in [-0.15, -0.1) is 0 Å². The van der Waals surface area contributed by atoms with Crippen molar-refractivity contribution in [2.24, 2.45) is 0 Å². The van der Waals surface area contributed by atoms with Crippen molar-refractivity contribution in [3.05, 3.63) is 0 Å². The molecule has 0 aromatic rings. The fourth-order valence-corrected chi connectivity index (χ4v) is 1.48. The first-order chi connectivity index (χ1) is 5.75. The standard InChI is InChI=1S/C8H15NO3/c1-2-7(8(10)11)9-3-5-12-6-4-9/h7H,2-6H2,1H3,(H,10,11)/t7-/m1/s1. The number of carboxylic acid groups (broad SMARTS) is 1. The van der Waals surface area contributed by atoms with Gasteiger partial charge in [-0.05, 0) is 6.42 Å². The topological polar surface area (TPSA) is 49.8 Å². The third-order valence-electron chi connectivity index (χ3n) is 2.16. The van der Waals surface area contributed by atoms with Gasteiger partial charge in [0.1, 0.15) is 6.04 Å². The van der Waals surface area contributed by atoms with E-state index in [9.17, 15) is 4.79 Å². The summed E-state index contributed by atoms with van der Waals surface area (Å²) < 4.78 is 5.14. The Morgan fingerprint density at radius 2 is 2.17 bits per heavy atom. The molecule has 4 heteroatoms. The van der Waals surface area contributed by atoms with Crippen molar-refractivity contribution in [2.45, 2.75) is 19.4 Å². The number of carbonyl (C=O) groups is 1. The number of hydrogen-bond donors (Lipinski definition) is 1. The summed E-state index contributed by atoms with van der Waals surface area (Å²) >= 11 is 0. The maximum Gasteiger partial charge on any atom is 0.320 e. The summed E-state index contributed by atoms with van der Waals surface area (Å²) in [6.45, 7) is 4.69. The highest BCUT2D eigenvalue weighted by Gasteiger charge is 2.24. The molecule has 4 nitrogen and oxygen atoms in total. The number of nitrogens with zero attached hydrogens (tertiary/aromatic N) is 1. The summed E-state index contributed by atoms with van der Waals surface area (Å²) in [6.07, 6.45) is 0.662. The van der Waals surface area contributed by atoms with E-state index in [2.05, 4.69) is 0 Å². The molecule has 1 atom stereocenters. The van der Waals surface area contributed by atoms with Crippen molar-refractivity contribution in [3.63, 3.8) is 0 Å². The minimum Gasteiger partial charge on any atom is -0.480 e. The van der Waals surface area contributed by atoms with Gasteiger partial charge in [0, 0.05) is 13.1 Å². The second-order valence-corrected chi connectivity index (χ2v) is 2.91. The number of hydrogen-bond acceptors (Lipinski definition) is 3. The predicted molar refractivity (Wildman–Crippen MR) is 44.1 cm³/mol. The summed E-state index contributed by atoms with van der Waals surface area (Å²) in [5.74, 6) is -0.723. The molecule has 70 valence electrons. The quantitative estimate of drug-likeness (QED) is 0.661. The van der Waals surface area contributed by atoms with Crippen LogP contribution < -0.4 is 0 Å². The van der Waals surface area contributed by atoms with Crippen LogP contribution in [0.1, 0.15) is 13.3 Å². The maximum absolute atomic E-state index is 10.7. The van der Waals surface area contributed by atoms with Crippen molar-refractivity contribution >= 4 is 5.97 Å². The minimum atomic E-state index is -0.723. The van der Waals surface area contributed by atoms with E-state index in [-0.39, 0.29) is 6.04 Å². The highest BCUT2D eigenvalue weighted by Crippen LogP contribution is 2.07. The van der Waals surface area contributed by atoms with Gasteiger partial charge in [0.2, 0.25) is 0 Å². The molecule has 1 N–H and O–H groups in total. The summed E-state index contributed by atoms with van der Waals surface area (Å²) in [6, 6.07) is -0.325. The SMILES string of the molecule is CC[C@H](C(=O)O)N1CCOCC1. The molecule has 0 aromatic heterocycles. The van der Waals surface area contributed by atoms with Crippen LogP contribution in [0.15, 0.2) is 0 Å². The first-order valence-electron chi connectivity index (χ1n) is 4.30. The van der Waals surface area contributed by atoms with Crippen LogP contribution in [0, 0.1) is 0 Å². The normalized spacial score (nSPS) is 22.1. The van der Waals surface area contributed by atoms with Gasteiger partial charge in [-0.25, -0.2) is 0 Å². The van der Waals surface area contributed by atoms with E-state index in [1.54, 1.807) is 0 Å². The zero-order valence-corrected chi connectivity index (χ0v) is 7.32. The van der Waals surface area contributed by atoms with Crippen LogP contribution in [0.3, 0.4) is 0 Å². The van der Waals surface area contributed by atoms with E-state index >= 15 is 0 Å². The van der Waals surface area contributed by atoms with E-state index in [1.807, 2.05) is 11.8 Å². The fraction of sp³-hybridized carbons (Fsp3) is 0.875. The van der Waals surface area contributed by atoms with E-state index in [1.165, 1.54) is 0 Å². The van der Waals surface area contributed by atoms with Gasteiger partial charge in [-0.2, -0.15) is 0 Å². The molecule has 0 aromatic carbocycles. The number of ether oxygens (including phenoxy) is 1. The monoisotopic (exact) mass is 173 g/mol. The molecule has 0 spiro atoms. The summed E-state index contributed by atoms with van der Waals surface area (Å²) in [5, 5.41) is 8.84. The fourth-order valence-electron chi connectivity index (χ4n) is 1.48. The molecule has 0 unspecified atom stereocenters. The van der Waals surface area contributed by atoms with Crippen molar-refractivity contribution < 1.29 is 14.6 Å². The Balaban J connectivity index is 2.46. The molecule has 1 aliphatic heterocycles. The molecule has 0 bridgehead atoms. The highest BCUT2D eigenvalue weighted by molar-refractivity contribution is 5.73. The molecule has 1 fully saturated rings. The number of morpholine rings is 1. The second kappa shape index (κ2) is 4.42. The summed E-state index contributed by atoms with van der Waals surface area (Å²) in [5.41, 5.74) is 0. The molecule has 0 amide bonds. The molecule has 0 radical (unpaired) electrons. The number of aliphatic carboxylic acids is 1.